The highest BCUT2D eigenvalue weighted by Gasteiger charge is 2.41. The second-order valence-electron chi connectivity index (χ2n) is 8.73. The molecule has 0 radical (unpaired) electrons. The monoisotopic (exact) mass is 489 g/mol. The van der Waals surface area contributed by atoms with E-state index in [4.69, 9.17) is 9.47 Å². The maximum atomic E-state index is 13.2. The van der Waals surface area contributed by atoms with Gasteiger partial charge in [-0.05, 0) is 49.2 Å². The molecular formula is C26H27N5O5. The second-order valence-corrected chi connectivity index (χ2v) is 8.73. The van der Waals surface area contributed by atoms with E-state index in [2.05, 4.69) is 10.2 Å². The van der Waals surface area contributed by atoms with Crippen molar-refractivity contribution in [3.63, 3.8) is 0 Å². The summed E-state index contributed by atoms with van der Waals surface area (Å²) in [5.41, 5.74) is 2.23. The summed E-state index contributed by atoms with van der Waals surface area (Å²) < 4.78 is 10.7. The van der Waals surface area contributed by atoms with E-state index < -0.39 is 0 Å². The minimum Gasteiger partial charge on any atom is -0.497 e. The number of imide groups is 1. The van der Waals surface area contributed by atoms with Crippen LogP contribution in [0.3, 0.4) is 0 Å². The molecule has 10 heteroatoms. The van der Waals surface area contributed by atoms with Crippen LogP contribution in [-0.2, 0) is 4.79 Å². The van der Waals surface area contributed by atoms with Crippen molar-refractivity contribution in [1.82, 2.24) is 20.0 Å². The molecule has 0 spiro atoms. The number of carbonyl (C=O) groups excluding carboxylic acids is 3. The van der Waals surface area contributed by atoms with Gasteiger partial charge in [0.25, 0.3) is 11.8 Å². The molecular weight excluding hydrogens is 462 g/mol. The van der Waals surface area contributed by atoms with Crippen LogP contribution >= 0.6 is 0 Å². The Morgan fingerprint density at radius 1 is 1.00 bits per heavy atom. The maximum absolute atomic E-state index is 13.2. The van der Waals surface area contributed by atoms with E-state index in [0.717, 1.165) is 0 Å². The number of hydrogen-bond acceptors (Lipinski definition) is 6. The highest BCUT2D eigenvalue weighted by Crippen LogP contribution is 2.33. The van der Waals surface area contributed by atoms with Crippen molar-refractivity contribution in [2.24, 2.45) is 0 Å². The number of urea groups is 1. The number of amides is 4. The lowest BCUT2D eigenvalue weighted by Crippen LogP contribution is -2.48. The van der Waals surface area contributed by atoms with Crippen LogP contribution < -0.4 is 14.4 Å². The van der Waals surface area contributed by atoms with Crippen LogP contribution in [0.5, 0.6) is 11.5 Å². The number of methoxy groups -OCH3 is 2. The normalized spacial score (nSPS) is 16.6. The number of ether oxygens (including phenoxy) is 2. The topological polar surface area (TPSA) is 108 Å². The van der Waals surface area contributed by atoms with Crippen molar-refractivity contribution in [2.75, 3.05) is 38.8 Å². The fourth-order valence-electron chi connectivity index (χ4n) is 4.77. The Balaban J connectivity index is 1.24. The van der Waals surface area contributed by atoms with E-state index in [1.807, 2.05) is 12.1 Å². The molecule has 10 nitrogen and oxygen atoms in total. The lowest BCUT2D eigenvalue weighted by atomic mass is 10.0. The molecule has 0 atom stereocenters. The van der Waals surface area contributed by atoms with E-state index in [0.29, 0.717) is 60.1 Å². The standard InChI is InChI=1S/C26H27N5O5/c1-35-19-8-9-23(36-2)20(14-19)21-15-22(28-27-21)25(33)29-12-10-17(11-13-29)30-16-24(32)31(26(30)34)18-6-4-3-5-7-18/h3-9,14-15,17H,10-13,16H2,1-2H3,(H,27,28). The van der Waals surface area contributed by atoms with Gasteiger partial charge < -0.3 is 19.3 Å². The molecule has 0 bridgehead atoms. The maximum Gasteiger partial charge on any atom is 0.332 e. The first-order valence-corrected chi connectivity index (χ1v) is 11.8. The van der Waals surface area contributed by atoms with Gasteiger partial charge in [-0.3, -0.25) is 14.7 Å². The van der Waals surface area contributed by atoms with Gasteiger partial charge in [0.05, 0.1) is 25.6 Å². The molecule has 2 aromatic carbocycles. The molecule has 0 saturated carbocycles. The third kappa shape index (κ3) is 4.26. The summed E-state index contributed by atoms with van der Waals surface area (Å²) in [5.74, 6) is 0.882. The number of carbonyl (C=O) groups is 3. The Bertz CT molecular complexity index is 1280. The number of para-hydroxylation sites is 1. The molecule has 0 unspecified atom stereocenters. The van der Waals surface area contributed by atoms with Gasteiger partial charge in [-0.15, -0.1) is 0 Å². The van der Waals surface area contributed by atoms with E-state index in [9.17, 15) is 14.4 Å². The van der Waals surface area contributed by atoms with Crippen molar-refractivity contribution in [2.45, 2.75) is 18.9 Å². The SMILES string of the molecule is COc1ccc(OC)c(-c2cc(C(=O)N3CCC(N4CC(=O)N(c5ccccc5)C4=O)CC3)[nH]n2)c1. The van der Waals surface area contributed by atoms with Crippen molar-refractivity contribution in [3.8, 4) is 22.8 Å². The number of piperidine rings is 1. The van der Waals surface area contributed by atoms with Crippen LogP contribution in [0.1, 0.15) is 23.3 Å². The van der Waals surface area contributed by atoms with E-state index in [1.165, 1.54) is 4.90 Å². The van der Waals surface area contributed by atoms with Crippen molar-refractivity contribution < 1.29 is 23.9 Å². The number of anilines is 1. The van der Waals surface area contributed by atoms with Crippen molar-refractivity contribution in [1.29, 1.82) is 0 Å². The van der Waals surface area contributed by atoms with Gasteiger partial charge in [0.15, 0.2) is 0 Å². The van der Waals surface area contributed by atoms with Crippen LogP contribution in [0.15, 0.2) is 54.6 Å². The van der Waals surface area contributed by atoms with Crippen LogP contribution in [0, 0.1) is 0 Å². The van der Waals surface area contributed by atoms with E-state index >= 15 is 0 Å². The van der Waals surface area contributed by atoms with Gasteiger partial charge >= 0.3 is 6.03 Å². The van der Waals surface area contributed by atoms with Crippen LogP contribution in [0.25, 0.3) is 11.3 Å². The number of hydrogen-bond donors (Lipinski definition) is 1. The van der Waals surface area contributed by atoms with Crippen LogP contribution in [0.2, 0.25) is 0 Å². The second kappa shape index (κ2) is 9.73. The molecule has 1 N–H and O–H groups in total. The van der Waals surface area contributed by atoms with Crippen LogP contribution in [0.4, 0.5) is 10.5 Å². The summed E-state index contributed by atoms with van der Waals surface area (Å²) in [5, 5.41) is 7.16. The minimum atomic E-state index is -0.304. The molecule has 2 saturated heterocycles. The van der Waals surface area contributed by atoms with Crippen molar-refractivity contribution in [3.05, 3.63) is 60.3 Å². The number of aromatic nitrogens is 2. The Morgan fingerprint density at radius 2 is 1.75 bits per heavy atom. The summed E-state index contributed by atoms with van der Waals surface area (Å²) in [6.45, 7) is 1.01. The lowest BCUT2D eigenvalue weighted by molar-refractivity contribution is -0.116. The van der Waals surface area contributed by atoms with E-state index in [-0.39, 0.29) is 30.4 Å². The molecule has 4 amide bonds. The number of benzene rings is 2. The van der Waals surface area contributed by atoms with Gasteiger partial charge in [-0.25, -0.2) is 9.69 Å². The quantitative estimate of drug-likeness (QED) is 0.533. The first-order chi connectivity index (χ1) is 17.5. The predicted molar refractivity (Wildman–Crippen MR) is 132 cm³/mol. The first kappa shape index (κ1) is 23.4. The average molecular weight is 490 g/mol. The summed E-state index contributed by atoms with van der Waals surface area (Å²) in [7, 11) is 3.16. The predicted octanol–water partition coefficient (Wildman–Crippen LogP) is 3.17. The first-order valence-electron chi connectivity index (χ1n) is 11.8. The number of rotatable bonds is 6. The van der Waals surface area contributed by atoms with E-state index in [1.54, 1.807) is 66.5 Å². The molecule has 2 aliphatic rings. The molecule has 3 heterocycles. The van der Waals surface area contributed by atoms with Gasteiger partial charge in [0.1, 0.15) is 23.7 Å². The number of nitrogens with one attached hydrogen (secondary N) is 1. The summed E-state index contributed by atoms with van der Waals surface area (Å²) in [6, 6.07) is 15.6. The zero-order chi connectivity index (χ0) is 25.2. The number of aromatic amines is 1. The Hall–Kier alpha value is -4.34. The Labute approximate surface area is 208 Å². The third-order valence-corrected chi connectivity index (χ3v) is 6.69. The summed E-state index contributed by atoms with van der Waals surface area (Å²) >= 11 is 0. The highest BCUT2D eigenvalue weighted by atomic mass is 16.5. The van der Waals surface area contributed by atoms with Gasteiger partial charge in [-0.2, -0.15) is 5.10 Å². The summed E-state index contributed by atoms with van der Waals surface area (Å²) in [6.07, 6.45) is 1.19. The smallest absolute Gasteiger partial charge is 0.332 e. The Kier molecular flexibility index (Phi) is 6.32. The fourth-order valence-corrected chi connectivity index (χ4v) is 4.77. The molecule has 5 rings (SSSR count). The van der Waals surface area contributed by atoms with Gasteiger partial charge in [0.2, 0.25) is 0 Å². The molecule has 3 aromatic rings. The molecule has 36 heavy (non-hydrogen) atoms. The highest BCUT2D eigenvalue weighted by molar-refractivity contribution is 6.19. The number of H-pyrrole nitrogens is 1. The third-order valence-electron chi connectivity index (χ3n) is 6.69. The Morgan fingerprint density at radius 3 is 2.44 bits per heavy atom. The van der Waals surface area contributed by atoms with Crippen molar-refractivity contribution >= 4 is 23.5 Å². The largest absolute Gasteiger partial charge is 0.497 e. The fraction of sp³-hybridized carbons (Fsp3) is 0.308. The zero-order valence-corrected chi connectivity index (χ0v) is 20.1. The molecule has 2 aliphatic heterocycles. The minimum absolute atomic E-state index is 0.0542. The number of likely N-dealkylation sites (tertiary alicyclic amines) is 1. The van der Waals surface area contributed by atoms with Crippen LogP contribution in [-0.4, -0.2) is 77.7 Å². The van der Waals surface area contributed by atoms with Gasteiger partial charge in [-0.1, -0.05) is 18.2 Å². The molecule has 1 aromatic heterocycles. The number of nitrogens with zero attached hydrogens (tertiary/aromatic N) is 4. The summed E-state index contributed by atoms with van der Waals surface area (Å²) in [4.78, 5) is 43.3. The molecule has 186 valence electrons. The molecule has 0 aliphatic carbocycles. The molecule has 2 fully saturated rings. The van der Waals surface area contributed by atoms with Gasteiger partial charge in [0, 0.05) is 24.7 Å². The average Bonchev–Trinajstić information content (AvgIpc) is 3.53. The zero-order valence-electron chi connectivity index (χ0n) is 20.1. The lowest BCUT2D eigenvalue weighted by Gasteiger charge is -2.35.